The van der Waals surface area contributed by atoms with E-state index in [0.29, 0.717) is 6.42 Å². The van der Waals surface area contributed by atoms with Gasteiger partial charge in [-0.2, -0.15) is 0 Å². The summed E-state index contributed by atoms with van der Waals surface area (Å²) >= 11 is 12.1. The summed E-state index contributed by atoms with van der Waals surface area (Å²) in [4.78, 5) is 11.0. The molecule has 0 aliphatic carbocycles. The second-order valence-corrected chi connectivity index (χ2v) is 6.12. The van der Waals surface area contributed by atoms with Crippen molar-refractivity contribution >= 4 is 29.2 Å². The SMILES string of the molecule is CCCCCCCCCC(Cl)(Cl)CC(=O)OC. The van der Waals surface area contributed by atoms with E-state index in [2.05, 4.69) is 11.7 Å². The first-order valence-corrected chi connectivity index (χ1v) is 7.22. The lowest BCUT2D eigenvalue weighted by atomic mass is 10.1. The lowest BCUT2D eigenvalue weighted by molar-refractivity contribution is -0.140. The lowest BCUT2D eigenvalue weighted by Gasteiger charge is -2.17. The Hall–Kier alpha value is 0.0500. The van der Waals surface area contributed by atoms with Crippen LogP contribution in [-0.2, 0) is 9.53 Å². The van der Waals surface area contributed by atoms with E-state index >= 15 is 0 Å². The predicted molar refractivity (Wildman–Crippen MR) is 73.7 cm³/mol. The summed E-state index contributed by atoms with van der Waals surface area (Å²) in [6, 6.07) is 0. The van der Waals surface area contributed by atoms with Gasteiger partial charge in [0.15, 0.2) is 0 Å². The van der Waals surface area contributed by atoms with Crippen molar-refractivity contribution in [2.24, 2.45) is 0 Å². The third-order valence-corrected chi connectivity index (χ3v) is 3.42. The molecule has 0 spiro atoms. The zero-order valence-electron chi connectivity index (χ0n) is 10.9. The zero-order valence-corrected chi connectivity index (χ0v) is 12.4. The molecule has 102 valence electrons. The molecule has 0 rings (SSSR count). The molecule has 0 atom stereocenters. The standard InChI is InChI=1S/C13H24Cl2O2/c1-3-4-5-6-7-8-9-10-13(14,15)11-12(16)17-2/h3-11H2,1-2H3. The van der Waals surface area contributed by atoms with E-state index in [4.69, 9.17) is 23.2 Å². The highest BCUT2D eigenvalue weighted by molar-refractivity contribution is 6.49. The lowest BCUT2D eigenvalue weighted by Crippen LogP contribution is -2.19. The van der Waals surface area contributed by atoms with Crippen LogP contribution in [0.5, 0.6) is 0 Å². The van der Waals surface area contributed by atoms with Gasteiger partial charge in [-0.05, 0) is 6.42 Å². The molecule has 17 heavy (non-hydrogen) atoms. The van der Waals surface area contributed by atoms with Crippen LogP contribution in [0.4, 0.5) is 0 Å². The Labute approximate surface area is 115 Å². The molecule has 0 aromatic carbocycles. The van der Waals surface area contributed by atoms with Gasteiger partial charge in [0.05, 0.1) is 13.5 Å². The van der Waals surface area contributed by atoms with E-state index in [-0.39, 0.29) is 12.4 Å². The summed E-state index contributed by atoms with van der Waals surface area (Å²) in [5.41, 5.74) is 0. The van der Waals surface area contributed by atoms with Crippen molar-refractivity contribution in [2.75, 3.05) is 7.11 Å². The molecule has 2 nitrogen and oxygen atoms in total. The van der Waals surface area contributed by atoms with Crippen LogP contribution in [0, 0.1) is 0 Å². The number of esters is 1. The first kappa shape index (κ1) is 17.1. The number of ether oxygens (including phenoxy) is 1. The van der Waals surface area contributed by atoms with Gasteiger partial charge in [-0.1, -0.05) is 51.9 Å². The number of carbonyl (C=O) groups is 1. The van der Waals surface area contributed by atoms with E-state index in [9.17, 15) is 4.79 Å². The van der Waals surface area contributed by atoms with Gasteiger partial charge in [0, 0.05) is 0 Å². The van der Waals surface area contributed by atoms with Crippen molar-refractivity contribution in [3.05, 3.63) is 0 Å². The largest absolute Gasteiger partial charge is 0.469 e. The fourth-order valence-corrected chi connectivity index (χ4v) is 2.20. The van der Waals surface area contributed by atoms with Crippen LogP contribution in [0.3, 0.4) is 0 Å². The maximum Gasteiger partial charge on any atom is 0.308 e. The van der Waals surface area contributed by atoms with Crippen LogP contribution in [-0.4, -0.2) is 17.4 Å². The van der Waals surface area contributed by atoms with Crippen LogP contribution in [0.25, 0.3) is 0 Å². The molecule has 0 saturated carbocycles. The van der Waals surface area contributed by atoms with E-state index in [1.165, 1.54) is 39.2 Å². The molecule has 0 bridgehead atoms. The first-order valence-electron chi connectivity index (χ1n) is 6.46. The molecule has 0 N–H and O–H groups in total. The van der Waals surface area contributed by atoms with Gasteiger partial charge in [-0.3, -0.25) is 4.79 Å². The van der Waals surface area contributed by atoms with Crippen molar-refractivity contribution < 1.29 is 9.53 Å². The summed E-state index contributed by atoms with van der Waals surface area (Å²) < 4.78 is 3.59. The maximum absolute atomic E-state index is 11.0. The number of halogens is 2. The average molecular weight is 283 g/mol. The van der Waals surface area contributed by atoms with Gasteiger partial charge >= 0.3 is 5.97 Å². The topological polar surface area (TPSA) is 26.3 Å². The van der Waals surface area contributed by atoms with Crippen molar-refractivity contribution in [2.45, 2.75) is 69.0 Å². The fraction of sp³-hybridized carbons (Fsp3) is 0.923. The Bertz CT molecular complexity index is 206. The summed E-state index contributed by atoms with van der Waals surface area (Å²) in [6.45, 7) is 2.21. The molecular formula is C13H24Cl2O2. The fourth-order valence-electron chi connectivity index (χ4n) is 1.71. The van der Waals surface area contributed by atoms with Gasteiger partial charge in [-0.15, -0.1) is 23.2 Å². The predicted octanol–water partition coefficient (Wildman–Crippen LogP) is 4.86. The Kier molecular flexibility index (Phi) is 10.0. The van der Waals surface area contributed by atoms with Crippen LogP contribution < -0.4 is 0 Å². The quantitative estimate of drug-likeness (QED) is 0.325. The van der Waals surface area contributed by atoms with Crippen LogP contribution in [0.15, 0.2) is 0 Å². The van der Waals surface area contributed by atoms with Gasteiger partial charge < -0.3 is 4.74 Å². The minimum absolute atomic E-state index is 0.0719. The minimum atomic E-state index is -0.962. The number of hydrogen-bond acceptors (Lipinski definition) is 2. The minimum Gasteiger partial charge on any atom is -0.469 e. The zero-order chi connectivity index (χ0) is 13.1. The number of methoxy groups -OCH3 is 1. The maximum atomic E-state index is 11.0. The molecule has 0 fully saturated rings. The van der Waals surface area contributed by atoms with Crippen LogP contribution in [0.2, 0.25) is 0 Å². The highest BCUT2D eigenvalue weighted by Gasteiger charge is 2.27. The monoisotopic (exact) mass is 282 g/mol. The van der Waals surface area contributed by atoms with Gasteiger partial charge in [0.2, 0.25) is 0 Å². The third-order valence-electron chi connectivity index (χ3n) is 2.78. The Morgan fingerprint density at radius 3 is 2.12 bits per heavy atom. The molecule has 4 heteroatoms. The molecule has 0 radical (unpaired) electrons. The average Bonchev–Trinajstić information content (AvgIpc) is 2.27. The van der Waals surface area contributed by atoms with Crippen molar-refractivity contribution in [3.63, 3.8) is 0 Å². The number of alkyl halides is 2. The molecular weight excluding hydrogens is 259 g/mol. The molecule has 0 unspecified atom stereocenters. The first-order chi connectivity index (χ1) is 8.02. The van der Waals surface area contributed by atoms with Crippen molar-refractivity contribution in [1.82, 2.24) is 0 Å². The Morgan fingerprint density at radius 1 is 1.06 bits per heavy atom. The van der Waals surface area contributed by atoms with Crippen LogP contribution in [0.1, 0.15) is 64.7 Å². The second-order valence-electron chi connectivity index (χ2n) is 4.48. The highest BCUT2D eigenvalue weighted by atomic mass is 35.5. The van der Waals surface area contributed by atoms with E-state index in [1.54, 1.807) is 0 Å². The smallest absolute Gasteiger partial charge is 0.308 e. The van der Waals surface area contributed by atoms with Crippen molar-refractivity contribution in [1.29, 1.82) is 0 Å². The Balaban J connectivity index is 3.48. The summed E-state index contributed by atoms with van der Waals surface area (Å²) in [5, 5.41) is 0. The van der Waals surface area contributed by atoms with Gasteiger partial charge in [0.1, 0.15) is 4.33 Å². The molecule has 0 aliphatic heterocycles. The van der Waals surface area contributed by atoms with Gasteiger partial charge in [-0.25, -0.2) is 0 Å². The number of unbranched alkanes of at least 4 members (excludes halogenated alkanes) is 6. The van der Waals surface area contributed by atoms with Crippen molar-refractivity contribution in [3.8, 4) is 0 Å². The summed E-state index contributed by atoms with van der Waals surface area (Å²) in [6.07, 6.45) is 9.22. The summed E-state index contributed by atoms with van der Waals surface area (Å²) in [7, 11) is 1.35. The highest BCUT2D eigenvalue weighted by Crippen LogP contribution is 2.32. The third kappa shape index (κ3) is 10.9. The normalized spacial score (nSPS) is 11.5. The molecule has 0 heterocycles. The van der Waals surface area contributed by atoms with E-state index in [0.717, 1.165) is 12.8 Å². The number of carbonyl (C=O) groups excluding carboxylic acids is 1. The molecule has 0 aliphatic rings. The molecule has 0 amide bonds. The van der Waals surface area contributed by atoms with Crippen LogP contribution >= 0.6 is 23.2 Å². The molecule has 0 aromatic heterocycles. The number of hydrogen-bond donors (Lipinski definition) is 0. The molecule has 0 saturated heterocycles. The Morgan fingerprint density at radius 2 is 1.59 bits per heavy atom. The second kappa shape index (κ2) is 10.0. The van der Waals surface area contributed by atoms with Gasteiger partial charge in [0.25, 0.3) is 0 Å². The van der Waals surface area contributed by atoms with E-state index < -0.39 is 4.33 Å². The molecule has 0 aromatic rings. The summed E-state index contributed by atoms with van der Waals surface area (Å²) in [5.74, 6) is -0.349. The number of rotatable bonds is 10. The van der Waals surface area contributed by atoms with E-state index in [1.807, 2.05) is 0 Å².